The number of amides is 1. The van der Waals surface area contributed by atoms with E-state index in [1.807, 2.05) is 0 Å². The van der Waals surface area contributed by atoms with E-state index in [0.717, 1.165) is 0 Å². The van der Waals surface area contributed by atoms with Gasteiger partial charge in [-0.25, -0.2) is 9.18 Å². The molecular formula is C15H11ClFNO3. The number of anilines is 1. The molecule has 0 saturated carbocycles. The maximum Gasteiger partial charge on any atom is 0.337 e. The van der Waals surface area contributed by atoms with Gasteiger partial charge in [-0.2, -0.15) is 0 Å². The van der Waals surface area contributed by atoms with Crippen molar-refractivity contribution in [1.82, 2.24) is 0 Å². The van der Waals surface area contributed by atoms with Gasteiger partial charge < -0.3 is 10.4 Å². The molecule has 0 aliphatic rings. The van der Waals surface area contributed by atoms with Gasteiger partial charge in [-0.3, -0.25) is 4.79 Å². The van der Waals surface area contributed by atoms with Crippen molar-refractivity contribution in [2.24, 2.45) is 0 Å². The number of rotatable bonds is 4. The zero-order valence-electron chi connectivity index (χ0n) is 10.8. The molecule has 0 fully saturated rings. The first-order chi connectivity index (χ1) is 9.95. The summed E-state index contributed by atoms with van der Waals surface area (Å²) in [5.41, 5.74) is 0.537. The molecule has 0 spiro atoms. The smallest absolute Gasteiger partial charge is 0.337 e. The van der Waals surface area contributed by atoms with E-state index in [-0.39, 0.29) is 17.7 Å². The standard InChI is InChI=1S/C15H11ClFNO3/c16-10-4-5-12(15(20)21)13(8-10)18-14(19)7-9-2-1-3-11(17)6-9/h1-6,8H,7H2,(H,18,19)(H,20,21). The fraction of sp³-hybridized carbons (Fsp3) is 0.0667. The van der Waals surface area contributed by atoms with E-state index in [1.54, 1.807) is 6.07 Å². The van der Waals surface area contributed by atoms with Gasteiger partial charge in [-0.1, -0.05) is 23.7 Å². The Balaban J connectivity index is 2.16. The Hall–Kier alpha value is -2.40. The number of carbonyl (C=O) groups excluding carboxylic acids is 1. The lowest BCUT2D eigenvalue weighted by molar-refractivity contribution is -0.115. The Morgan fingerprint density at radius 3 is 2.62 bits per heavy atom. The molecule has 6 heteroatoms. The van der Waals surface area contributed by atoms with Gasteiger partial charge in [0.25, 0.3) is 0 Å². The maximum absolute atomic E-state index is 13.0. The lowest BCUT2D eigenvalue weighted by Crippen LogP contribution is -2.16. The van der Waals surface area contributed by atoms with Crippen LogP contribution in [0.25, 0.3) is 0 Å². The fourth-order valence-electron chi connectivity index (χ4n) is 1.83. The summed E-state index contributed by atoms with van der Waals surface area (Å²) in [6.45, 7) is 0. The Kier molecular flexibility index (Phi) is 4.55. The fourth-order valence-corrected chi connectivity index (χ4v) is 2.01. The zero-order chi connectivity index (χ0) is 15.4. The van der Waals surface area contributed by atoms with Crippen molar-refractivity contribution >= 4 is 29.2 Å². The molecule has 2 aromatic rings. The highest BCUT2D eigenvalue weighted by molar-refractivity contribution is 6.31. The third-order valence-electron chi connectivity index (χ3n) is 2.74. The number of benzene rings is 2. The highest BCUT2D eigenvalue weighted by Crippen LogP contribution is 2.21. The van der Waals surface area contributed by atoms with E-state index < -0.39 is 17.7 Å². The summed E-state index contributed by atoms with van der Waals surface area (Å²) in [6.07, 6.45) is -0.0661. The Labute approximate surface area is 125 Å². The van der Waals surface area contributed by atoms with Crippen LogP contribution < -0.4 is 5.32 Å². The number of carboxylic acids is 1. The van der Waals surface area contributed by atoms with Crippen molar-refractivity contribution in [3.8, 4) is 0 Å². The van der Waals surface area contributed by atoms with Crippen LogP contribution in [-0.2, 0) is 11.2 Å². The van der Waals surface area contributed by atoms with Crippen molar-refractivity contribution < 1.29 is 19.1 Å². The first-order valence-corrected chi connectivity index (χ1v) is 6.40. The minimum absolute atomic E-state index is 0.0630. The molecule has 0 saturated heterocycles. The van der Waals surface area contributed by atoms with E-state index >= 15 is 0 Å². The minimum Gasteiger partial charge on any atom is -0.478 e. The molecule has 0 unspecified atom stereocenters. The number of hydrogen-bond donors (Lipinski definition) is 2. The molecule has 0 radical (unpaired) electrons. The number of nitrogens with one attached hydrogen (secondary N) is 1. The van der Waals surface area contributed by atoms with Crippen LogP contribution in [0.5, 0.6) is 0 Å². The zero-order valence-corrected chi connectivity index (χ0v) is 11.5. The molecule has 0 aromatic heterocycles. The van der Waals surface area contributed by atoms with Crippen LogP contribution in [0.15, 0.2) is 42.5 Å². The first-order valence-electron chi connectivity index (χ1n) is 6.03. The summed E-state index contributed by atoms with van der Waals surface area (Å²) in [5.74, 6) is -2.06. The van der Waals surface area contributed by atoms with Gasteiger partial charge in [-0.15, -0.1) is 0 Å². The van der Waals surface area contributed by atoms with Gasteiger partial charge in [0.15, 0.2) is 0 Å². The number of aromatic carboxylic acids is 1. The average molecular weight is 308 g/mol. The molecule has 108 valence electrons. The SMILES string of the molecule is O=C(Cc1cccc(F)c1)Nc1cc(Cl)ccc1C(=O)O. The number of carboxylic acid groups (broad SMARTS) is 1. The normalized spacial score (nSPS) is 10.2. The molecule has 0 atom stereocenters. The third-order valence-corrected chi connectivity index (χ3v) is 2.97. The van der Waals surface area contributed by atoms with Crippen LogP contribution in [-0.4, -0.2) is 17.0 Å². The summed E-state index contributed by atoms with van der Waals surface area (Å²) in [5, 5.41) is 11.8. The van der Waals surface area contributed by atoms with E-state index in [9.17, 15) is 14.0 Å². The van der Waals surface area contributed by atoms with Gasteiger partial charge in [0.2, 0.25) is 5.91 Å². The highest BCUT2D eigenvalue weighted by atomic mass is 35.5. The number of carbonyl (C=O) groups is 2. The molecule has 0 aliphatic heterocycles. The molecule has 21 heavy (non-hydrogen) atoms. The molecule has 0 aliphatic carbocycles. The van der Waals surface area contributed by atoms with Crippen LogP contribution in [0.3, 0.4) is 0 Å². The van der Waals surface area contributed by atoms with Gasteiger partial charge in [0.05, 0.1) is 17.7 Å². The van der Waals surface area contributed by atoms with Gasteiger partial charge in [-0.05, 0) is 35.9 Å². The van der Waals surface area contributed by atoms with Crippen LogP contribution in [0.2, 0.25) is 5.02 Å². The van der Waals surface area contributed by atoms with Crippen molar-refractivity contribution in [1.29, 1.82) is 0 Å². The summed E-state index contributed by atoms with van der Waals surface area (Å²) >= 11 is 5.79. The van der Waals surface area contributed by atoms with Crippen molar-refractivity contribution in [3.63, 3.8) is 0 Å². The van der Waals surface area contributed by atoms with Crippen molar-refractivity contribution in [2.75, 3.05) is 5.32 Å². The maximum atomic E-state index is 13.0. The molecule has 0 heterocycles. The molecule has 2 aromatic carbocycles. The summed E-state index contributed by atoms with van der Waals surface area (Å²) in [4.78, 5) is 23.0. The lowest BCUT2D eigenvalue weighted by Gasteiger charge is -2.09. The van der Waals surface area contributed by atoms with E-state index in [4.69, 9.17) is 16.7 Å². The van der Waals surface area contributed by atoms with Crippen LogP contribution >= 0.6 is 11.6 Å². The van der Waals surface area contributed by atoms with Crippen LogP contribution in [0.4, 0.5) is 10.1 Å². The second kappa shape index (κ2) is 6.37. The van der Waals surface area contributed by atoms with Gasteiger partial charge >= 0.3 is 5.97 Å². The molecule has 1 amide bonds. The largest absolute Gasteiger partial charge is 0.478 e. The summed E-state index contributed by atoms with van der Waals surface area (Å²) in [6, 6.07) is 9.72. The molecule has 2 rings (SSSR count). The third kappa shape index (κ3) is 4.03. The second-order valence-corrected chi connectivity index (χ2v) is 4.79. The van der Waals surface area contributed by atoms with Crippen molar-refractivity contribution in [3.05, 3.63) is 64.4 Å². The predicted octanol–water partition coefficient (Wildman–Crippen LogP) is 3.36. The number of hydrogen-bond acceptors (Lipinski definition) is 2. The molecular weight excluding hydrogens is 297 g/mol. The monoisotopic (exact) mass is 307 g/mol. The highest BCUT2D eigenvalue weighted by Gasteiger charge is 2.13. The van der Waals surface area contributed by atoms with E-state index in [2.05, 4.69) is 5.32 Å². The van der Waals surface area contributed by atoms with Crippen molar-refractivity contribution in [2.45, 2.75) is 6.42 Å². The average Bonchev–Trinajstić information content (AvgIpc) is 2.38. The second-order valence-electron chi connectivity index (χ2n) is 4.35. The van der Waals surface area contributed by atoms with E-state index in [1.165, 1.54) is 36.4 Å². The van der Waals surface area contributed by atoms with Crippen LogP contribution in [0.1, 0.15) is 15.9 Å². The summed E-state index contributed by atoms with van der Waals surface area (Å²) < 4.78 is 13.0. The first kappa shape index (κ1) is 15.0. The molecule has 2 N–H and O–H groups in total. The Morgan fingerprint density at radius 1 is 1.19 bits per heavy atom. The lowest BCUT2D eigenvalue weighted by atomic mass is 10.1. The quantitative estimate of drug-likeness (QED) is 0.910. The Bertz CT molecular complexity index is 703. The minimum atomic E-state index is -1.17. The molecule has 4 nitrogen and oxygen atoms in total. The Morgan fingerprint density at radius 2 is 1.95 bits per heavy atom. The van der Waals surface area contributed by atoms with Gasteiger partial charge in [0.1, 0.15) is 5.82 Å². The predicted molar refractivity (Wildman–Crippen MR) is 77.1 cm³/mol. The van der Waals surface area contributed by atoms with Gasteiger partial charge in [0, 0.05) is 5.02 Å². The van der Waals surface area contributed by atoms with Crippen LogP contribution in [0, 0.1) is 5.82 Å². The number of halogens is 2. The van der Waals surface area contributed by atoms with E-state index in [0.29, 0.717) is 10.6 Å². The topological polar surface area (TPSA) is 66.4 Å². The summed E-state index contributed by atoms with van der Waals surface area (Å²) in [7, 11) is 0. The molecule has 0 bridgehead atoms.